The quantitative estimate of drug-likeness (QED) is 0.809. The van der Waals surface area contributed by atoms with Gasteiger partial charge in [-0.1, -0.05) is 25.0 Å². The number of nitrogens with one attached hydrogen (secondary N) is 1. The Morgan fingerprint density at radius 2 is 2.00 bits per heavy atom. The minimum absolute atomic E-state index is 0.119. The number of amides is 1. The van der Waals surface area contributed by atoms with Crippen LogP contribution in [-0.2, 0) is 17.8 Å². The van der Waals surface area contributed by atoms with Crippen LogP contribution in [-0.4, -0.2) is 24.0 Å². The summed E-state index contributed by atoms with van der Waals surface area (Å²) in [5.74, 6) is 1.18. The van der Waals surface area contributed by atoms with Gasteiger partial charge in [0.25, 0.3) is 0 Å². The van der Waals surface area contributed by atoms with E-state index in [4.69, 9.17) is 0 Å². The summed E-state index contributed by atoms with van der Waals surface area (Å²) in [5, 5.41) is 5.08. The Hall–Kier alpha value is -1.88. The normalized spacial score (nSPS) is 15.0. The summed E-state index contributed by atoms with van der Waals surface area (Å²) in [4.78, 5) is 20.3. The Kier molecular flexibility index (Phi) is 6.86. The molecule has 4 nitrogen and oxygen atoms in total. The lowest BCUT2D eigenvalue weighted by molar-refractivity contribution is -0.121. The number of hydrogen-bond donors (Lipinski definition) is 1. The van der Waals surface area contributed by atoms with Crippen molar-refractivity contribution in [2.75, 3.05) is 18.0 Å². The molecule has 1 amide bonds. The van der Waals surface area contributed by atoms with E-state index < -0.39 is 0 Å². The standard InChI is InChI=1S/C20H27N3OS/c24-20(9-5-7-18-8-6-14-25-18)22-16-17-10-11-19(21-15-17)23-12-3-1-2-4-13-23/h6,8,10-11,14-15H,1-5,7,9,12-13,16H2,(H,22,24). The predicted octanol–water partition coefficient (Wildman–Crippen LogP) is 4.16. The Morgan fingerprint density at radius 1 is 1.16 bits per heavy atom. The lowest BCUT2D eigenvalue weighted by atomic mass is 10.2. The van der Waals surface area contributed by atoms with Crippen molar-refractivity contribution in [2.45, 2.75) is 51.5 Å². The Balaban J connectivity index is 1.39. The molecule has 0 atom stereocenters. The molecule has 0 spiro atoms. The lowest BCUT2D eigenvalue weighted by Gasteiger charge is -2.21. The van der Waals surface area contributed by atoms with Crippen molar-refractivity contribution in [1.82, 2.24) is 10.3 Å². The van der Waals surface area contributed by atoms with E-state index in [1.807, 2.05) is 6.20 Å². The van der Waals surface area contributed by atoms with Gasteiger partial charge in [0, 0.05) is 37.1 Å². The lowest BCUT2D eigenvalue weighted by Crippen LogP contribution is -2.25. The van der Waals surface area contributed by atoms with E-state index in [-0.39, 0.29) is 5.91 Å². The number of anilines is 1. The van der Waals surface area contributed by atoms with Gasteiger partial charge in [-0.25, -0.2) is 4.98 Å². The Labute approximate surface area is 154 Å². The molecule has 25 heavy (non-hydrogen) atoms. The number of pyridine rings is 1. The molecule has 2 aromatic heterocycles. The number of carbonyl (C=O) groups is 1. The molecule has 0 radical (unpaired) electrons. The largest absolute Gasteiger partial charge is 0.357 e. The first kappa shape index (κ1) is 17.9. The fourth-order valence-electron chi connectivity index (χ4n) is 3.18. The molecule has 1 aliphatic rings. The molecular weight excluding hydrogens is 330 g/mol. The van der Waals surface area contributed by atoms with Crippen molar-refractivity contribution in [3.8, 4) is 0 Å². The second kappa shape index (κ2) is 9.56. The van der Waals surface area contributed by atoms with Crippen LogP contribution >= 0.6 is 11.3 Å². The zero-order chi connectivity index (χ0) is 17.3. The van der Waals surface area contributed by atoms with Gasteiger partial charge in [-0.3, -0.25) is 4.79 Å². The molecule has 5 heteroatoms. The summed E-state index contributed by atoms with van der Waals surface area (Å²) in [6.45, 7) is 2.77. The molecule has 3 rings (SSSR count). The molecule has 0 saturated carbocycles. The van der Waals surface area contributed by atoms with E-state index in [1.54, 1.807) is 11.3 Å². The summed E-state index contributed by atoms with van der Waals surface area (Å²) in [6.07, 6.45) is 9.52. The number of rotatable bonds is 7. The van der Waals surface area contributed by atoms with Crippen molar-refractivity contribution < 1.29 is 4.79 Å². The molecule has 1 saturated heterocycles. The Morgan fingerprint density at radius 3 is 2.68 bits per heavy atom. The first-order chi connectivity index (χ1) is 12.3. The molecule has 1 fully saturated rings. The van der Waals surface area contributed by atoms with Crippen molar-refractivity contribution in [3.63, 3.8) is 0 Å². The summed E-state index contributed by atoms with van der Waals surface area (Å²) in [6, 6.07) is 8.35. The highest BCUT2D eigenvalue weighted by Gasteiger charge is 2.11. The van der Waals surface area contributed by atoms with Gasteiger partial charge in [-0.05, 0) is 48.8 Å². The molecule has 134 valence electrons. The van der Waals surface area contributed by atoms with Crippen LogP contribution < -0.4 is 10.2 Å². The zero-order valence-corrected chi connectivity index (χ0v) is 15.6. The third-order valence-corrected chi connectivity index (χ3v) is 5.57. The van der Waals surface area contributed by atoms with Gasteiger partial charge in [0.2, 0.25) is 5.91 Å². The Bertz CT molecular complexity index is 631. The topological polar surface area (TPSA) is 45.2 Å². The number of thiophene rings is 1. The van der Waals surface area contributed by atoms with E-state index in [0.717, 1.165) is 37.3 Å². The maximum atomic E-state index is 12.0. The monoisotopic (exact) mass is 357 g/mol. The molecule has 2 aromatic rings. The highest BCUT2D eigenvalue weighted by atomic mass is 32.1. The second-order valence-electron chi connectivity index (χ2n) is 6.64. The van der Waals surface area contributed by atoms with Gasteiger partial charge < -0.3 is 10.2 Å². The number of aromatic nitrogens is 1. The smallest absolute Gasteiger partial charge is 0.220 e. The molecule has 3 heterocycles. The minimum atomic E-state index is 0.119. The van der Waals surface area contributed by atoms with Crippen LogP contribution in [0.25, 0.3) is 0 Å². The first-order valence-electron chi connectivity index (χ1n) is 9.30. The fraction of sp³-hybridized carbons (Fsp3) is 0.500. The number of hydrogen-bond acceptors (Lipinski definition) is 4. The first-order valence-corrected chi connectivity index (χ1v) is 10.2. The number of carbonyl (C=O) groups excluding carboxylic acids is 1. The van der Waals surface area contributed by atoms with E-state index >= 15 is 0 Å². The zero-order valence-electron chi connectivity index (χ0n) is 14.7. The summed E-state index contributed by atoms with van der Waals surface area (Å²) in [7, 11) is 0. The van der Waals surface area contributed by atoms with E-state index in [9.17, 15) is 4.79 Å². The SMILES string of the molecule is O=C(CCCc1cccs1)NCc1ccc(N2CCCCCC2)nc1. The maximum Gasteiger partial charge on any atom is 0.220 e. The van der Waals surface area contributed by atoms with Gasteiger partial charge in [0.1, 0.15) is 5.82 Å². The number of aryl methyl sites for hydroxylation is 1. The molecule has 0 aromatic carbocycles. The van der Waals surface area contributed by atoms with Crippen LogP contribution in [0.5, 0.6) is 0 Å². The third kappa shape index (κ3) is 5.85. The highest BCUT2D eigenvalue weighted by Crippen LogP contribution is 2.17. The van der Waals surface area contributed by atoms with Crippen LogP contribution in [0.2, 0.25) is 0 Å². The van der Waals surface area contributed by atoms with Crippen molar-refractivity contribution in [3.05, 3.63) is 46.3 Å². The summed E-state index contributed by atoms with van der Waals surface area (Å²) >= 11 is 1.76. The van der Waals surface area contributed by atoms with Crippen molar-refractivity contribution >= 4 is 23.1 Å². The summed E-state index contributed by atoms with van der Waals surface area (Å²) in [5.41, 5.74) is 1.06. The van der Waals surface area contributed by atoms with Crippen LogP contribution in [0.4, 0.5) is 5.82 Å². The van der Waals surface area contributed by atoms with Crippen LogP contribution in [0.3, 0.4) is 0 Å². The minimum Gasteiger partial charge on any atom is -0.357 e. The molecule has 1 N–H and O–H groups in total. The van der Waals surface area contributed by atoms with Crippen molar-refractivity contribution in [2.24, 2.45) is 0 Å². The third-order valence-electron chi connectivity index (χ3n) is 4.64. The molecule has 0 bridgehead atoms. The van der Waals surface area contributed by atoms with Gasteiger partial charge >= 0.3 is 0 Å². The fourth-order valence-corrected chi connectivity index (χ4v) is 3.93. The number of nitrogens with zero attached hydrogens (tertiary/aromatic N) is 2. The average Bonchev–Trinajstić information content (AvgIpc) is 3.00. The van der Waals surface area contributed by atoms with Gasteiger partial charge in [-0.2, -0.15) is 0 Å². The van der Waals surface area contributed by atoms with Crippen molar-refractivity contribution in [1.29, 1.82) is 0 Å². The maximum absolute atomic E-state index is 12.0. The average molecular weight is 358 g/mol. The van der Waals surface area contributed by atoms with Gasteiger partial charge in [0.05, 0.1) is 0 Å². The summed E-state index contributed by atoms with van der Waals surface area (Å²) < 4.78 is 0. The molecular formula is C20H27N3OS. The van der Waals surface area contributed by atoms with Crippen LogP contribution in [0, 0.1) is 0 Å². The van der Waals surface area contributed by atoms with E-state index in [1.165, 1.54) is 30.6 Å². The van der Waals surface area contributed by atoms with Crippen LogP contribution in [0.1, 0.15) is 49.0 Å². The van der Waals surface area contributed by atoms with Crippen LogP contribution in [0.15, 0.2) is 35.8 Å². The second-order valence-corrected chi connectivity index (χ2v) is 7.67. The van der Waals surface area contributed by atoms with E-state index in [0.29, 0.717) is 13.0 Å². The van der Waals surface area contributed by atoms with E-state index in [2.05, 4.69) is 44.8 Å². The molecule has 1 aliphatic heterocycles. The van der Waals surface area contributed by atoms with Gasteiger partial charge in [0.15, 0.2) is 0 Å². The molecule has 0 unspecified atom stereocenters. The van der Waals surface area contributed by atoms with Gasteiger partial charge in [-0.15, -0.1) is 11.3 Å². The predicted molar refractivity (Wildman–Crippen MR) is 104 cm³/mol. The molecule has 0 aliphatic carbocycles. The highest BCUT2D eigenvalue weighted by molar-refractivity contribution is 7.09.